The minimum absolute atomic E-state index is 0.242. The number of benzene rings is 2. The number of thioether (sulfide) groups is 1. The standard InChI is InChI=1S/C22H19ClN4O4S/c1-3-18-25-19(31-26-18)12-32-22-24-17-10-13(21(29)30-2)8-9-15(17)20(28)27(22)11-14-6-4-5-7-16(14)23/h4-10H,3,11-12H2,1-2H3. The van der Waals surface area contributed by atoms with Gasteiger partial charge in [-0.1, -0.05) is 53.6 Å². The average Bonchev–Trinajstić information content (AvgIpc) is 3.28. The first-order valence-corrected chi connectivity index (χ1v) is 11.2. The van der Waals surface area contributed by atoms with E-state index in [2.05, 4.69) is 15.1 Å². The molecular formula is C22H19ClN4O4S. The second kappa shape index (κ2) is 9.54. The number of ether oxygens (including phenoxy) is 1. The van der Waals surface area contributed by atoms with Gasteiger partial charge in [0.1, 0.15) is 0 Å². The Bertz CT molecular complexity index is 1350. The third-order valence-corrected chi connectivity index (χ3v) is 6.11. The normalized spacial score (nSPS) is 11.1. The third kappa shape index (κ3) is 4.53. The van der Waals surface area contributed by atoms with Crippen LogP contribution in [0.3, 0.4) is 0 Å². The average molecular weight is 471 g/mol. The molecule has 0 aliphatic heterocycles. The fraction of sp³-hybridized carbons (Fsp3) is 0.227. The van der Waals surface area contributed by atoms with E-state index >= 15 is 0 Å². The monoisotopic (exact) mass is 470 g/mol. The van der Waals surface area contributed by atoms with Crippen LogP contribution in [-0.2, 0) is 23.5 Å². The van der Waals surface area contributed by atoms with Gasteiger partial charge in [-0.15, -0.1) is 0 Å². The molecule has 2 heterocycles. The fourth-order valence-corrected chi connectivity index (χ4v) is 4.14. The summed E-state index contributed by atoms with van der Waals surface area (Å²) in [5.41, 5.74) is 1.26. The van der Waals surface area contributed by atoms with Crippen LogP contribution in [0.25, 0.3) is 10.9 Å². The molecule has 164 valence electrons. The second-order valence-corrected chi connectivity index (χ2v) is 8.20. The number of aromatic nitrogens is 4. The van der Waals surface area contributed by atoms with Crippen LogP contribution >= 0.6 is 23.4 Å². The van der Waals surface area contributed by atoms with Gasteiger partial charge in [0.15, 0.2) is 11.0 Å². The molecule has 4 rings (SSSR count). The van der Waals surface area contributed by atoms with Crippen LogP contribution in [-0.4, -0.2) is 32.8 Å². The minimum atomic E-state index is -0.499. The fourth-order valence-electron chi connectivity index (χ4n) is 3.11. The molecule has 0 aliphatic rings. The molecule has 32 heavy (non-hydrogen) atoms. The SMILES string of the molecule is CCc1noc(CSc2nc3cc(C(=O)OC)ccc3c(=O)n2Cc2ccccc2Cl)n1. The number of rotatable bonds is 7. The van der Waals surface area contributed by atoms with Gasteiger partial charge in [-0.2, -0.15) is 4.98 Å². The summed E-state index contributed by atoms with van der Waals surface area (Å²) in [6.45, 7) is 2.18. The molecule has 0 fully saturated rings. The zero-order valence-corrected chi connectivity index (χ0v) is 18.9. The number of hydrogen-bond acceptors (Lipinski definition) is 8. The molecule has 0 N–H and O–H groups in total. The quantitative estimate of drug-likeness (QED) is 0.226. The predicted octanol–water partition coefficient (Wildman–Crippen LogP) is 4.12. The Morgan fingerprint density at radius 2 is 2.03 bits per heavy atom. The van der Waals surface area contributed by atoms with Crippen molar-refractivity contribution in [1.82, 2.24) is 19.7 Å². The van der Waals surface area contributed by atoms with E-state index in [9.17, 15) is 9.59 Å². The Morgan fingerprint density at radius 3 is 2.75 bits per heavy atom. The number of carbonyl (C=O) groups is 1. The van der Waals surface area contributed by atoms with E-state index in [1.54, 1.807) is 28.8 Å². The molecule has 0 unspecified atom stereocenters. The van der Waals surface area contributed by atoms with E-state index in [1.807, 2.05) is 25.1 Å². The minimum Gasteiger partial charge on any atom is -0.465 e. The molecule has 0 amide bonds. The zero-order valence-electron chi connectivity index (χ0n) is 17.4. The van der Waals surface area contributed by atoms with Gasteiger partial charge in [0.25, 0.3) is 5.56 Å². The molecule has 0 spiro atoms. The summed E-state index contributed by atoms with van der Waals surface area (Å²) in [5.74, 6) is 0.891. The van der Waals surface area contributed by atoms with E-state index in [0.717, 1.165) is 5.56 Å². The van der Waals surface area contributed by atoms with Crippen molar-refractivity contribution < 1.29 is 14.1 Å². The lowest BCUT2D eigenvalue weighted by molar-refractivity contribution is 0.0601. The highest BCUT2D eigenvalue weighted by Gasteiger charge is 2.17. The van der Waals surface area contributed by atoms with E-state index in [0.29, 0.717) is 50.5 Å². The first-order valence-electron chi connectivity index (χ1n) is 9.80. The number of esters is 1. The maximum atomic E-state index is 13.4. The van der Waals surface area contributed by atoms with Gasteiger partial charge in [-0.05, 0) is 29.8 Å². The number of aryl methyl sites for hydroxylation is 1. The third-order valence-electron chi connectivity index (χ3n) is 4.78. The van der Waals surface area contributed by atoms with Crippen molar-refractivity contribution in [1.29, 1.82) is 0 Å². The summed E-state index contributed by atoms with van der Waals surface area (Å²) in [6, 6.07) is 12.0. The molecular weight excluding hydrogens is 452 g/mol. The summed E-state index contributed by atoms with van der Waals surface area (Å²) in [7, 11) is 1.30. The second-order valence-electron chi connectivity index (χ2n) is 6.85. The molecule has 10 heteroatoms. The van der Waals surface area contributed by atoms with Gasteiger partial charge in [-0.25, -0.2) is 9.78 Å². The molecule has 0 aliphatic carbocycles. The lowest BCUT2D eigenvalue weighted by Gasteiger charge is -2.14. The lowest BCUT2D eigenvalue weighted by Crippen LogP contribution is -2.24. The summed E-state index contributed by atoms with van der Waals surface area (Å²) in [4.78, 5) is 34.3. The molecule has 0 saturated carbocycles. The summed E-state index contributed by atoms with van der Waals surface area (Å²) in [5, 5.41) is 5.29. The van der Waals surface area contributed by atoms with Crippen LogP contribution in [0.15, 0.2) is 56.9 Å². The van der Waals surface area contributed by atoms with Crippen molar-refractivity contribution >= 4 is 40.2 Å². The lowest BCUT2D eigenvalue weighted by atomic mass is 10.1. The Morgan fingerprint density at radius 1 is 1.22 bits per heavy atom. The van der Waals surface area contributed by atoms with Crippen LogP contribution in [0.2, 0.25) is 5.02 Å². The van der Waals surface area contributed by atoms with Crippen LogP contribution < -0.4 is 5.56 Å². The van der Waals surface area contributed by atoms with Crippen LogP contribution in [0.4, 0.5) is 0 Å². The van der Waals surface area contributed by atoms with Crippen molar-refractivity contribution in [3.05, 3.63) is 80.7 Å². The Balaban J connectivity index is 1.79. The highest BCUT2D eigenvalue weighted by atomic mass is 35.5. The largest absolute Gasteiger partial charge is 0.465 e. The van der Waals surface area contributed by atoms with Gasteiger partial charge < -0.3 is 9.26 Å². The van der Waals surface area contributed by atoms with E-state index in [4.69, 9.17) is 20.9 Å². The van der Waals surface area contributed by atoms with E-state index < -0.39 is 5.97 Å². The van der Waals surface area contributed by atoms with E-state index in [1.165, 1.54) is 18.9 Å². The Hall–Kier alpha value is -3.17. The number of carbonyl (C=O) groups excluding carboxylic acids is 1. The number of hydrogen-bond donors (Lipinski definition) is 0. The van der Waals surface area contributed by atoms with Crippen molar-refractivity contribution in [2.45, 2.75) is 30.8 Å². The number of nitrogens with zero attached hydrogens (tertiary/aromatic N) is 4. The molecule has 2 aromatic carbocycles. The Kier molecular flexibility index (Phi) is 6.57. The maximum Gasteiger partial charge on any atom is 0.337 e. The molecule has 0 saturated heterocycles. The maximum absolute atomic E-state index is 13.4. The van der Waals surface area contributed by atoms with Crippen LogP contribution in [0, 0.1) is 0 Å². The predicted molar refractivity (Wildman–Crippen MR) is 121 cm³/mol. The van der Waals surface area contributed by atoms with Crippen LogP contribution in [0.5, 0.6) is 0 Å². The summed E-state index contributed by atoms with van der Waals surface area (Å²) >= 11 is 7.63. The first kappa shape index (κ1) is 22.0. The van der Waals surface area contributed by atoms with Crippen molar-refractivity contribution in [3.8, 4) is 0 Å². The van der Waals surface area contributed by atoms with Crippen molar-refractivity contribution in [3.63, 3.8) is 0 Å². The molecule has 2 aromatic heterocycles. The number of fused-ring (bicyclic) bond motifs is 1. The topological polar surface area (TPSA) is 100 Å². The Labute approximate surface area is 192 Å². The highest BCUT2D eigenvalue weighted by Crippen LogP contribution is 2.24. The summed E-state index contributed by atoms with van der Waals surface area (Å²) < 4.78 is 11.6. The van der Waals surface area contributed by atoms with Crippen molar-refractivity contribution in [2.75, 3.05) is 7.11 Å². The molecule has 8 nitrogen and oxygen atoms in total. The number of halogens is 1. The number of methoxy groups -OCH3 is 1. The highest BCUT2D eigenvalue weighted by molar-refractivity contribution is 7.98. The molecule has 4 aromatic rings. The van der Waals surface area contributed by atoms with Gasteiger partial charge in [0.05, 0.1) is 35.9 Å². The molecule has 0 bridgehead atoms. The van der Waals surface area contributed by atoms with Crippen LogP contribution in [0.1, 0.15) is 34.6 Å². The van der Waals surface area contributed by atoms with Gasteiger partial charge in [-0.3, -0.25) is 9.36 Å². The first-order chi connectivity index (χ1) is 15.5. The molecule has 0 atom stereocenters. The van der Waals surface area contributed by atoms with Crippen molar-refractivity contribution in [2.24, 2.45) is 0 Å². The zero-order chi connectivity index (χ0) is 22.7. The van der Waals surface area contributed by atoms with Gasteiger partial charge in [0, 0.05) is 11.4 Å². The smallest absolute Gasteiger partial charge is 0.337 e. The van der Waals surface area contributed by atoms with Gasteiger partial charge in [0.2, 0.25) is 5.89 Å². The molecule has 0 radical (unpaired) electrons. The van der Waals surface area contributed by atoms with Gasteiger partial charge >= 0.3 is 5.97 Å². The van der Waals surface area contributed by atoms with E-state index in [-0.39, 0.29) is 12.1 Å². The summed E-state index contributed by atoms with van der Waals surface area (Å²) in [6.07, 6.45) is 0.663.